The molecule has 36 heavy (non-hydrogen) atoms. The van der Waals surface area contributed by atoms with Crippen molar-refractivity contribution >= 4 is 38.5 Å². The van der Waals surface area contributed by atoms with E-state index in [0.717, 1.165) is 56.8 Å². The normalized spacial score (nSPS) is 33.0. The van der Waals surface area contributed by atoms with Crippen LogP contribution in [0, 0.1) is 29.1 Å². The Hall–Kier alpha value is -1.28. The molecule has 2 aromatic rings. The molecule has 0 radical (unpaired) electrons. The molecule has 6 aliphatic rings. The van der Waals surface area contributed by atoms with Gasteiger partial charge in [-0.15, -0.1) is 0 Å². The fraction of sp³-hybridized carbons (Fsp3) is 0.655. The molecule has 0 amide bonds. The fourth-order valence-corrected chi connectivity index (χ4v) is 10.7. The van der Waals surface area contributed by atoms with Crippen LogP contribution in [0.4, 0.5) is 5.69 Å². The van der Waals surface area contributed by atoms with Gasteiger partial charge in [0.05, 0.1) is 18.0 Å². The molecule has 1 unspecified atom stereocenters. The van der Waals surface area contributed by atoms with Gasteiger partial charge in [0.15, 0.2) is 0 Å². The van der Waals surface area contributed by atoms with Gasteiger partial charge in [0.25, 0.3) is 10.1 Å². The van der Waals surface area contributed by atoms with Gasteiger partial charge in [-0.25, -0.2) is 0 Å². The first-order valence-corrected chi connectivity index (χ1v) is 16.5. The molecule has 1 saturated heterocycles. The summed E-state index contributed by atoms with van der Waals surface area (Å²) in [5.41, 5.74) is 1.43. The molecule has 7 heteroatoms. The number of hydrogen-bond donors (Lipinski definition) is 0. The molecular formula is C29H38N2O3S2. The average molecular weight is 527 g/mol. The van der Waals surface area contributed by atoms with E-state index in [0.29, 0.717) is 5.92 Å². The van der Waals surface area contributed by atoms with Gasteiger partial charge in [-0.3, -0.25) is 4.18 Å². The van der Waals surface area contributed by atoms with Crippen molar-refractivity contribution in [1.29, 1.82) is 0 Å². The van der Waals surface area contributed by atoms with E-state index in [1.54, 1.807) is 0 Å². The van der Waals surface area contributed by atoms with Crippen LogP contribution in [0.15, 0.2) is 41.3 Å². The highest BCUT2D eigenvalue weighted by molar-refractivity contribution is 8.01. The van der Waals surface area contributed by atoms with Gasteiger partial charge in [-0.2, -0.15) is 8.42 Å². The minimum absolute atomic E-state index is 0.0747. The molecule has 0 spiro atoms. The molecule has 4 bridgehead atoms. The Balaban J connectivity index is 1.01. The topological polar surface area (TPSA) is 49.9 Å². The van der Waals surface area contributed by atoms with Crippen LogP contribution >= 0.6 is 11.9 Å². The van der Waals surface area contributed by atoms with Gasteiger partial charge in [-0.05, 0) is 118 Å². The molecule has 5 fully saturated rings. The first kappa shape index (κ1) is 23.8. The van der Waals surface area contributed by atoms with Gasteiger partial charge in [0.2, 0.25) is 0 Å². The summed E-state index contributed by atoms with van der Waals surface area (Å²) in [6, 6.07) is 13.3. The van der Waals surface area contributed by atoms with Crippen molar-refractivity contribution in [1.82, 2.24) is 4.90 Å². The minimum Gasteiger partial charge on any atom is -0.311 e. The average Bonchev–Trinajstić information content (AvgIpc) is 3.17. The number of piperidine rings is 1. The van der Waals surface area contributed by atoms with Gasteiger partial charge < -0.3 is 9.21 Å². The number of likely N-dealkylation sites (tertiary alicyclic amines) is 1. The zero-order chi connectivity index (χ0) is 24.5. The number of nitrogens with zero attached hydrogens (tertiary/aromatic N) is 2. The summed E-state index contributed by atoms with van der Waals surface area (Å²) >= 11 is 1.89. The maximum absolute atomic E-state index is 12.3. The van der Waals surface area contributed by atoms with Crippen LogP contribution in [0.1, 0.15) is 51.4 Å². The van der Waals surface area contributed by atoms with Crippen molar-refractivity contribution in [3.05, 3.63) is 36.4 Å². The van der Waals surface area contributed by atoms with E-state index in [4.69, 9.17) is 4.18 Å². The molecule has 4 aliphatic carbocycles. The molecule has 0 N–H and O–H groups in total. The van der Waals surface area contributed by atoms with Crippen molar-refractivity contribution in [2.45, 2.75) is 62.4 Å². The van der Waals surface area contributed by atoms with Crippen LogP contribution in [0.2, 0.25) is 0 Å². The van der Waals surface area contributed by atoms with E-state index >= 15 is 0 Å². The molecule has 5 nitrogen and oxygen atoms in total. The van der Waals surface area contributed by atoms with E-state index in [-0.39, 0.29) is 11.5 Å². The second-order valence-electron chi connectivity index (χ2n) is 12.6. The Kier molecular flexibility index (Phi) is 5.88. The largest absolute Gasteiger partial charge is 0.311 e. The monoisotopic (exact) mass is 526 g/mol. The third-order valence-electron chi connectivity index (χ3n) is 9.94. The van der Waals surface area contributed by atoms with E-state index in [2.05, 4.69) is 45.6 Å². The summed E-state index contributed by atoms with van der Waals surface area (Å²) < 4.78 is 33.1. The SMILES string of the molecule is CS(=O)(=O)OC(CN1CCC(CN2Sc3cccc4cccc2c34)CC1)C12CC3CC(CC(C3)C1)C2. The third-order valence-corrected chi connectivity index (χ3v) is 11.6. The predicted octanol–water partition coefficient (Wildman–Crippen LogP) is 5.94. The number of rotatable bonds is 7. The fourth-order valence-electron chi connectivity index (χ4n) is 8.80. The molecule has 194 valence electrons. The molecule has 0 aromatic heterocycles. The smallest absolute Gasteiger partial charge is 0.264 e. The molecule has 8 rings (SSSR count). The highest BCUT2D eigenvalue weighted by atomic mass is 32.2. The van der Waals surface area contributed by atoms with Crippen molar-refractivity contribution in [3.63, 3.8) is 0 Å². The standard InChI is InChI=1S/C29H38N2O3S2/c1-36(32,33)34-27(29-15-21-12-22(16-29)14-23(13-21)17-29)19-30-10-8-20(9-11-30)18-31-25-6-2-4-24-5-3-7-26(35-31)28(24)25/h2-7,20-23,27H,8-19H2,1H3. The lowest BCUT2D eigenvalue weighted by Crippen LogP contribution is -2.56. The lowest BCUT2D eigenvalue weighted by Gasteiger charge is -2.59. The highest BCUT2D eigenvalue weighted by Gasteiger charge is 2.55. The quantitative estimate of drug-likeness (QED) is 0.329. The van der Waals surface area contributed by atoms with Crippen LogP contribution in [0.25, 0.3) is 10.8 Å². The van der Waals surface area contributed by atoms with Crippen LogP contribution in [-0.4, -0.2) is 51.9 Å². The van der Waals surface area contributed by atoms with Crippen LogP contribution in [0.5, 0.6) is 0 Å². The summed E-state index contributed by atoms with van der Waals surface area (Å²) in [6.45, 7) is 3.92. The number of anilines is 1. The Morgan fingerprint density at radius 1 is 1.00 bits per heavy atom. The summed E-state index contributed by atoms with van der Waals surface area (Å²) in [5.74, 6) is 3.03. The van der Waals surface area contributed by atoms with Crippen LogP contribution in [0.3, 0.4) is 0 Å². The molecule has 2 heterocycles. The zero-order valence-electron chi connectivity index (χ0n) is 21.3. The molecule has 4 saturated carbocycles. The van der Waals surface area contributed by atoms with Gasteiger partial charge in [0.1, 0.15) is 0 Å². The lowest BCUT2D eigenvalue weighted by atomic mass is 9.48. The molecule has 1 atom stereocenters. The van der Waals surface area contributed by atoms with E-state index < -0.39 is 10.1 Å². The Labute approximate surface area is 220 Å². The number of hydrogen-bond acceptors (Lipinski definition) is 6. The van der Waals surface area contributed by atoms with Crippen LogP contribution < -0.4 is 4.31 Å². The van der Waals surface area contributed by atoms with Crippen LogP contribution in [-0.2, 0) is 14.3 Å². The molecular weight excluding hydrogens is 488 g/mol. The van der Waals surface area contributed by atoms with E-state index in [1.807, 2.05) is 11.9 Å². The third kappa shape index (κ3) is 4.38. The van der Waals surface area contributed by atoms with Crippen molar-refractivity contribution in [2.24, 2.45) is 29.1 Å². The summed E-state index contributed by atoms with van der Waals surface area (Å²) in [5, 5.41) is 2.73. The first-order valence-electron chi connectivity index (χ1n) is 13.9. The Morgan fingerprint density at radius 2 is 1.64 bits per heavy atom. The summed E-state index contributed by atoms with van der Waals surface area (Å²) in [6.07, 6.45) is 11.0. The maximum atomic E-state index is 12.3. The Morgan fingerprint density at radius 3 is 2.28 bits per heavy atom. The second kappa shape index (κ2) is 8.89. The van der Waals surface area contributed by atoms with Gasteiger partial charge >= 0.3 is 0 Å². The lowest BCUT2D eigenvalue weighted by molar-refractivity contribution is -0.117. The Bertz CT molecular complexity index is 1210. The maximum Gasteiger partial charge on any atom is 0.264 e. The summed E-state index contributed by atoms with van der Waals surface area (Å²) in [4.78, 5) is 3.88. The van der Waals surface area contributed by atoms with Crippen molar-refractivity contribution in [3.8, 4) is 0 Å². The summed E-state index contributed by atoms with van der Waals surface area (Å²) in [7, 11) is -3.48. The first-order chi connectivity index (χ1) is 17.3. The number of benzene rings is 2. The molecule has 2 aromatic carbocycles. The second-order valence-corrected chi connectivity index (χ2v) is 15.3. The van der Waals surface area contributed by atoms with Crippen molar-refractivity contribution < 1.29 is 12.6 Å². The van der Waals surface area contributed by atoms with E-state index in [1.165, 1.54) is 66.1 Å². The minimum atomic E-state index is -3.48. The predicted molar refractivity (Wildman–Crippen MR) is 147 cm³/mol. The van der Waals surface area contributed by atoms with Gasteiger partial charge in [-0.1, -0.05) is 24.3 Å². The van der Waals surface area contributed by atoms with E-state index in [9.17, 15) is 8.42 Å². The van der Waals surface area contributed by atoms with Crippen molar-refractivity contribution in [2.75, 3.05) is 36.7 Å². The highest BCUT2D eigenvalue weighted by Crippen LogP contribution is 2.62. The van der Waals surface area contributed by atoms with Gasteiger partial charge in [0, 0.05) is 28.8 Å². The zero-order valence-corrected chi connectivity index (χ0v) is 22.9. The molecule has 2 aliphatic heterocycles.